The quantitative estimate of drug-likeness (QED) is 0.820. The topological polar surface area (TPSA) is 88.3 Å². The summed E-state index contributed by atoms with van der Waals surface area (Å²) in [6.45, 7) is 3.73. The Morgan fingerprint density at radius 1 is 1.43 bits per heavy atom. The molecular formula is C15H15N3O3. The van der Waals surface area contributed by atoms with Crippen molar-refractivity contribution < 1.29 is 14.4 Å². The van der Waals surface area contributed by atoms with Crippen molar-refractivity contribution in [2.75, 3.05) is 6.61 Å². The van der Waals surface area contributed by atoms with Gasteiger partial charge < -0.3 is 14.9 Å². The molecule has 2 heterocycles. The summed E-state index contributed by atoms with van der Waals surface area (Å²) in [6.07, 6.45) is 3.00. The van der Waals surface area contributed by atoms with E-state index in [4.69, 9.17) is 9.63 Å². The molecule has 0 unspecified atom stereocenters. The molecule has 0 aromatic carbocycles. The monoisotopic (exact) mass is 285 g/mol. The lowest BCUT2D eigenvalue weighted by atomic mass is 10.1. The van der Waals surface area contributed by atoms with Gasteiger partial charge in [-0.05, 0) is 19.9 Å². The highest BCUT2D eigenvalue weighted by Gasteiger charge is 2.11. The molecule has 21 heavy (non-hydrogen) atoms. The molecule has 108 valence electrons. The third-order valence-electron chi connectivity index (χ3n) is 2.92. The smallest absolute Gasteiger partial charge is 0.253 e. The van der Waals surface area contributed by atoms with Crippen molar-refractivity contribution in [2.45, 2.75) is 20.4 Å². The fourth-order valence-electron chi connectivity index (χ4n) is 1.80. The zero-order chi connectivity index (χ0) is 15.2. The Labute approximate surface area is 122 Å². The molecule has 0 aliphatic rings. The molecular weight excluding hydrogens is 270 g/mol. The molecule has 0 fully saturated rings. The van der Waals surface area contributed by atoms with Crippen molar-refractivity contribution in [3.63, 3.8) is 0 Å². The van der Waals surface area contributed by atoms with Crippen LogP contribution >= 0.6 is 0 Å². The average Bonchev–Trinajstić information content (AvgIpc) is 2.82. The van der Waals surface area contributed by atoms with Gasteiger partial charge >= 0.3 is 0 Å². The van der Waals surface area contributed by atoms with Crippen LogP contribution in [0.4, 0.5) is 0 Å². The van der Waals surface area contributed by atoms with Crippen molar-refractivity contribution in [3.05, 3.63) is 46.6 Å². The molecule has 2 N–H and O–H groups in total. The number of nitrogens with one attached hydrogen (secondary N) is 1. The highest BCUT2D eigenvalue weighted by Crippen LogP contribution is 2.12. The summed E-state index contributed by atoms with van der Waals surface area (Å²) in [4.78, 5) is 16.1. The number of nitrogens with zero attached hydrogens (tertiary/aromatic N) is 2. The number of aliphatic hydroxyl groups is 1. The van der Waals surface area contributed by atoms with Crippen molar-refractivity contribution in [3.8, 4) is 11.8 Å². The summed E-state index contributed by atoms with van der Waals surface area (Å²) >= 11 is 0. The fourth-order valence-corrected chi connectivity index (χ4v) is 1.80. The van der Waals surface area contributed by atoms with Gasteiger partial charge in [-0.1, -0.05) is 17.0 Å². The van der Waals surface area contributed by atoms with E-state index in [1.807, 2.05) is 6.92 Å². The highest BCUT2D eigenvalue weighted by molar-refractivity contribution is 5.94. The molecule has 0 atom stereocenters. The first-order valence-electron chi connectivity index (χ1n) is 6.36. The van der Waals surface area contributed by atoms with Crippen LogP contribution in [0, 0.1) is 25.7 Å². The number of hydrogen-bond donors (Lipinski definition) is 2. The van der Waals surface area contributed by atoms with Crippen LogP contribution in [0.15, 0.2) is 23.0 Å². The molecule has 2 rings (SSSR count). The predicted molar refractivity (Wildman–Crippen MR) is 75.3 cm³/mol. The summed E-state index contributed by atoms with van der Waals surface area (Å²) in [5.74, 6) is 5.66. The van der Waals surface area contributed by atoms with E-state index in [-0.39, 0.29) is 12.5 Å². The van der Waals surface area contributed by atoms with Crippen LogP contribution in [0.1, 0.15) is 32.9 Å². The number of rotatable bonds is 3. The standard InChI is InChI=1S/C15H15N3O3/c1-10-14(11(2)21-18-10)9-17-15(20)13-6-12(4-3-5-19)7-16-8-13/h6-8,19H,5,9H2,1-2H3,(H,17,20). The van der Waals surface area contributed by atoms with E-state index < -0.39 is 0 Å². The van der Waals surface area contributed by atoms with Gasteiger partial charge in [0.15, 0.2) is 0 Å². The van der Waals surface area contributed by atoms with E-state index in [0.29, 0.717) is 23.4 Å². The lowest BCUT2D eigenvalue weighted by Crippen LogP contribution is -2.23. The molecule has 0 aliphatic carbocycles. The van der Waals surface area contributed by atoms with E-state index >= 15 is 0 Å². The molecule has 2 aromatic heterocycles. The van der Waals surface area contributed by atoms with Gasteiger partial charge in [-0.3, -0.25) is 9.78 Å². The largest absolute Gasteiger partial charge is 0.384 e. The number of carbonyl (C=O) groups excluding carboxylic acids is 1. The van der Waals surface area contributed by atoms with Crippen LogP contribution < -0.4 is 5.32 Å². The number of carbonyl (C=O) groups is 1. The Kier molecular flexibility index (Phi) is 4.69. The summed E-state index contributed by atoms with van der Waals surface area (Å²) in [7, 11) is 0. The second kappa shape index (κ2) is 6.68. The molecule has 0 saturated heterocycles. The molecule has 6 heteroatoms. The minimum Gasteiger partial charge on any atom is -0.384 e. The first-order chi connectivity index (χ1) is 10.1. The van der Waals surface area contributed by atoms with Crippen LogP contribution in [0.2, 0.25) is 0 Å². The van der Waals surface area contributed by atoms with Gasteiger partial charge in [-0.25, -0.2) is 0 Å². The Hall–Kier alpha value is -2.65. The first kappa shape index (κ1) is 14.8. The maximum Gasteiger partial charge on any atom is 0.253 e. The molecule has 0 radical (unpaired) electrons. The summed E-state index contributed by atoms with van der Waals surface area (Å²) in [5, 5.41) is 15.3. The Bertz CT molecular complexity index is 691. The number of pyridine rings is 1. The van der Waals surface area contributed by atoms with Gasteiger partial charge in [-0.15, -0.1) is 0 Å². The molecule has 0 spiro atoms. The van der Waals surface area contributed by atoms with E-state index in [1.165, 1.54) is 12.4 Å². The number of amides is 1. The van der Waals surface area contributed by atoms with Crippen molar-refractivity contribution in [1.29, 1.82) is 0 Å². The van der Waals surface area contributed by atoms with Gasteiger partial charge in [0.1, 0.15) is 12.4 Å². The molecule has 6 nitrogen and oxygen atoms in total. The third kappa shape index (κ3) is 3.68. The first-order valence-corrected chi connectivity index (χ1v) is 6.36. The molecule has 1 amide bonds. The van der Waals surface area contributed by atoms with E-state index in [2.05, 4.69) is 27.3 Å². The fraction of sp³-hybridized carbons (Fsp3) is 0.267. The number of hydrogen-bond acceptors (Lipinski definition) is 5. The zero-order valence-corrected chi connectivity index (χ0v) is 11.8. The third-order valence-corrected chi connectivity index (χ3v) is 2.92. The number of aryl methyl sites for hydroxylation is 2. The zero-order valence-electron chi connectivity index (χ0n) is 11.8. The van der Waals surface area contributed by atoms with Gasteiger partial charge in [0.2, 0.25) is 0 Å². The number of aromatic nitrogens is 2. The van der Waals surface area contributed by atoms with Gasteiger partial charge in [0.05, 0.1) is 11.3 Å². The lowest BCUT2D eigenvalue weighted by molar-refractivity contribution is 0.0950. The van der Waals surface area contributed by atoms with Gasteiger partial charge in [0.25, 0.3) is 5.91 Å². The van der Waals surface area contributed by atoms with E-state index in [0.717, 1.165) is 11.3 Å². The molecule has 2 aromatic rings. The minimum absolute atomic E-state index is 0.234. The van der Waals surface area contributed by atoms with Crippen LogP contribution in [0.5, 0.6) is 0 Å². The second-order valence-corrected chi connectivity index (χ2v) is 4.41. The van der Waals surface area contributed by atoms with Gasteiger partial charge in [0, 0.05) is 30.1 Å². The number of aliphatic hydroxyl groups excluding tert-OH is 1. The van der Waals surface area contributed by atoms with Crippen molar-refractivity contribution in [2.24, 2.45) is 0 Å². The molecule has 0 saturated carbocycles. The highest BCUT2D eigenvalue weighted by atomic mass is 16.5. The van der Waals surface area contributed by atoms with Crippen LogP contribution in [-0.2, 0) is 6.54 Å². The maximum atomic E-state index is 12.1. The SMILES string of the molecule is Cc1noc(C)c1CNC(=O)c1cncc(C#CCO)c1. The molecule has 0 bridgehead atoms. The van der Waals surface area contributed by atoms with Crippen LogP contribution in [-0.4, -0.2) is 27.8 Å². The average molecular weight is 285 g/mol. The van der Waals surface area contributed by atoms with E-state index in [9.17, 15) is 4.79 Å². The Morgan fingerprint density at radius 2 is 2.24 bits per heavy atom. The van der Waals surface area contributed by atoms with Gasteiger partial charge in [-0.2, -0.15) is 0 Å². The Morgan fingerprint density at radius 3 is 2.90 bits per heavy atom. The second-order valence-electron chi connectivity index (χ2n) is 4.41. The van der Waals surface area contributed by atoms with Crippen LogP contribution in [0.3, 0.4) is 0 Å². The lowest BCUT2D eigenvalue weighted by Gasteiger charge is -2.05. The predicted octanol–water partition coefficient (Wildman–Crippen LogP) is 0.960. The molecule has 0 aliphatic heterocycles. The van der Waals surface area contributed by atoms with Crippen molar-refractivity contribution >= 4 is 5.91 Å². The minimum atomic E-state index is -0.254. The summed E-state index contributed by atoms with van der Waals surface area (Å²) < 4.78 is 5.04. The van der Waals surface area contributed by atoms with Crippen LogP contribution in [0.25, 0.3) is 0 Å². The summed E-state index contributed by atoms with van der Waals surface area (Å²) in [6, 6.07) is 1.62. The van der Waals surface area contributed by atoms with Crippen molar-refractivity contribution in [1.82, 2.24) is 15.5 Å². The summed E-state index contributed by atoms with van der Waals surface area (Å²) in [5.41, 5.74) is 2.61. The Balaban J connectivity index is 2.07. The van der Waals surface area contributed by atoms with E-state index in [1.54, 1.807) is 13.0 Å². The maximum absolute atomic E-state index is 12.1. The normalized spacial score (nSPS) is 9.86.